The van der Waals surface area contributed by atoms with Gasteiger partial charge in [-0.25, -0.2) is 0 Å². The maximum absolute atomic E-state index is 9.40. The number of hydrogen-bond donors (Lipinski definition) is 1. The fourth-order valence-electron chi connectivity index (χ4n) is 1.80. The number of aromatic hydroxyl groups is 1. The van der Waals surface area contributed by atoms with Crippen molar-refractivity contribution in [3.8, 4) is 11.8 Å². The van der Waals surface area contributed by atoms with E-state index in [-0.39, 0.29) is 5.75 Å². The lowest BCUT2D eigenvalue weighted by molar-refractivity contribution is 0.474. The Morgan fingerprint density at radius 2 is 2.00 bits per heavy atom. The summed E-state index contributed by atoms with van der Waals surface area (Å²) in [7, 11) is 0. The van der Waals surface area contributed by atoms with Crippen LogP contribution in [0.15, 0.2) is 41.8 Å². The lowest BCUT2D eigenvalue weighted by Crippen LogP contribution is -2.22. The lowest BCUT2D eigenvalue weighted by atomic mass is 9.80. The van der Waals surface area contributed by atoms with Crippen LogP contribution >= 0.6 is 11.3 Å². The molecule has 1 heterocycles. The normalized spacial score (nSPS) is 13.9. The number of phenols is 1. The van der Waals surface area contributed by atoms with Crippen LogP contribution in [-0.2, 0) is 11.8 Å². The highest BCUT2D eigenvalue weighted by molar-refractivity contribution is 7.09. The topological polar surface area (TPSA) is 44.0 Å². The van der Waals surface area contributed by atoms with Crippen molar-refractivity contribution in [3.05, 3.63) is 52.2 Å². The molecule has 1 aromatic heterocycles. The van der Waals surface area contributed by atoms with Gasteiger partial charge in [0.1, 0.15) is 5.75 Å². The number of thiophene rings is 1. The predicted molar refractivity (Wildman–Crippen MR) is 69.1 cm³/mol. The first-order valence-electron chi connectivity index (χ1n) is 5.37. The van der Waals surface area contributed by atoms with E-state index < -0.39 is 5.41 Å². The van der Waals surface area contributed by atoms with E-state index in [1.165, 1.54) is 4.88 Å². The first-order chi connectivity index (χ1) is 8.14. The van der Waals surface area contributed by atoms with E-state index in [4.69, 9.17) is 0 Å². The first kappa shape index (κ1) is 11.7. The van der Waals surface area contributed by atoms with Crippen molar-refractivity contribution in [2.75, 3.05) is 0 Å². The Morgan fingerprint density at radius 1 is 1.29 bits per heavy atom. The molecule has 17 heavy (non-hydrogen) atoms. The highest BCUT2D eigenvalue weighted by atomic mass is 32.1. The average molecular weight is 243 g/mol. The van der Waals surface area contributed by atoms with Gasteiger partial charge in [-0.1, -0.05) is 18.2 Å². The third-order valence-electron chi connectivity index (χ3n) is 2.86. The third-order valence-corrected chi connectivity index (χ3v) is 3.74. The minimum Gasteiger partial charge on any atom is -0.508 e. The maximum Gasteiger partial charge on any atom is 0.115 e. The number of nitrogens with zero attached hydrogens (tertiary/aromatic N) is 1. The summed E-state index contributed by atoms with van der Waals surface area (Å²) in [5.41, 5.74) is 0.393. The van der Waals surface area contributed by atoms with E-state index in [1.807, 2.05) is 36.6 Å². The molecule has 0 radical (unpaired) electrons. The van der Waals surface area contributed by atoms with Crippen molar-refractivity contribution in [1.29, 1.82) is 5.26 Å². The number of nitriles is 1. The van der Waals surface area contributed by atoms with Crippen LogP contribution in [0.25, 0.3) is 0 Å². The predicted octanol–water partition coefficient (Wildman–Crippen LogP) is 3.48. The van der Waals surface area contributed by atoms with Crippen molar-refractivity contribution in [1.82, 2.24) is 0 Å². The second-order valence-corrected chi connectivity index (χ2v) is 5.28. The van der Waals surface area contributed by atoms with Crippen LogP contribution in [-0.4, -0.2) is 5.11 Å². The summed E-state index contributed by atoms with van der Waals surface area (Å²) in [5.74, 6) is 0.227. The van der Waals surface area contributed by atoms with Gasteiger partial charge >= 0.3 is 0 Å². The summed E-state index contributed by atoms with van der Waals surface area (Å²) in [4.78, 5) is 1.20. The highest BCUT2D eigenvalue weighted by Gasteiger charge is 2.27. The molecule has 0 spiro atoms. The van der Waals surface area contributed by atoms with Crippen LogP contribution < -0.4 is 0 Å². The molecule has 1 atom stereocenters. The molecule has 0 saturated carbocycles. The lowest BCUT2D eigenvalue weighted by Gasteiger charge is -2.21. The molecule has 0 amide bonds. The molecule has 1 unspecified atom stereocenters. The molecule has 2 rings (SSSR count). The van der Waals surface area contributed by atoms with E-state index in [1.54, 1.807) is 23.5 Å². The van der Waals surface area contributed by atoms with Crippen molar-refractivity contribution in [2.45, 2.75) is 18.8 Å². The van der Waals surface area contributed by atoms with Gasteiger partial charge in [0.15, 0.2) is 0 Å². The zero-order chi connectivity index (χ0) is 12.3. The second-order valence-electron chi connectivity index (χ2n) is 4.25. The van der Waals surface area contributed by atoms with E-state index in [9.17, 15) is 10.4 Å². The van der Waals surface area contributed by atoms with Crippen molar-refractivity contribution >= 4 is 11.3 Å². The molecule has 0 aliphatic carbocycles. The number of rotatable bonds is 3. The minimum absolute atomic E-state index is 0.227. The van der Waals surface area contributed by atoms with Crippen LogP contribution in [0.2, 0.25) is 0 Å². The number of phenolic OH excluding ortho intramolecular Hbond substituents is 1. The molecule has 0 fully saturated rings. The molecule has 0 saturated heterocycles. The van der Waals surface area contributed by atoms with Crippen molar-refractivity contribution < 1.29 is 5.11 Å². The van der Waals surface area contributed by atoms with Gasteiger partial charge in [0.2, 0.25) is 0 Å². The maximum atomic E-state index is 9.40. The smallest absolute Gasteiger partial charge is 0.115 e. The Kier molecular flexibility index (Phi) is 3.16. The molecular formula is C14H13NOS. The van der Waals surface area contributed by atoms with Crippen molar-refractivity contribution in [2.24, 2.45) is 0 Å². The van der Waals surface area contributed by atoms with Gasteiger partial charge in [-0.3, -0.25) is 0 Å². The van der Waals surface area contributed by atoms with E-state index >= 15 is 0 Å². The molecule has 1 N–H and O–H groups in total. The molecule has 0 aliphatic rings. The monoisotopic (exact) mass is 243 g/mol. The summed E-state index contributed by atoms with van der Waals surface area (Å²) in [6.45, 7) is 1.93. The Morgan fingerprint density at radius 3 is 2.53 bits per heavy atom. The van der Waals surface area contributed by atoms with E-state index in [0.29, 0.717) is 6.42 Å². The molecule has 1 aromatic carbocycles. The van der Waals surface area contributed by atoms with Crippen LogP contribution in [0, 0.1) is 11.3 Å². The number of benzene rings is 1. The Hall–Kier alpha value is -1.79. The quantitative estimate of drug-likeness (QED) is 0.897. The zero-order valence-corrected chi connectivity index (χ0v) is 10.4. The molecule has 2 nitrogen and oxygen atoms in total. The van der Waals surface area contributed by atoms with Gasteiger partial charge < -0.3 is 5.11 Å². The number of hydrogen-bond acceptors (Lipinski definition) is 3. The first-order valence-corrected chi connectivity index (χ1v) is 6.25. The SMILES string of the molecule is CC(C#N)(Cc1cccs1)c1ccc(O)cc1. The highest BCUT2D eigenvalue weighted by Crippen LogP contribution is 2.30. The van der Waals surface area contributed by atoms with Gasteiger partial charge in [0, 0.05) is 11.3 Å². The van der Waals surface area contributed by atoms with Crippen molar-refractivity contribution in [3.63, 3.8) is 0 Å². The van der Waals surface area contributed by atoms with Gasteiger partial charge in [0.25, 0.3) is 0 Å². The fraction of sp³-hybridized carbons (Fsp3) is 0.214. The van der Waals surface area contributed by atoms with Gasteiger partial charge in [-0.15, -0.1) is 11.3 Å². The standard InChI is InChI=1S/C14H13NOS/c1-14(10-15,9-13-3-2-8-17-13)11-4-6-12(16)7-5-11/h2-8,16H,9H2,1H3. The largest absolute Gasteiger partial charge is 0.508 e. The summed E-state index contributed by atoms with van der Waals surface area (Å²) < 4.78 is 0. The molecule has 3 heteroatoms. The molecule has 86 valence electrons. The summed E-state index contributed by atoms with van der Waals surface area (Å²) >= 11 is 1.66. The summed E-state index contributed by atoms with van der Waals surface area (Å²) in [5, 5.41) is 20.7. The Balaban J connectivity index is 2.31. The molecule has 0 aliphatic heterocycles. The molecule has 0 bridgehead atoms. The van der Waals surface area contributed by atoms with Crippen LogP contribution in [0.4, 0.5) is 0 Å². The second kappa shape index (κ2) is 4.60. The van der Waals surface area contributed by atoms with Crippen LogP contribution in [0.3, 0.4) is 0 Å². The fourth-order valence-corrected chi connectivity index (χ4v) is 2.66. The van der Waals surface area contributed by atoms with Gasteiger partial charge in [-0.2, -0.15) is 5.26 Å². The van der Waals surface area contributed by atoms with Gasteiger partial charge in [0.05, 0.1) is 11.5 Å². The molecule has 2 aromatic rings. The Bertz CT molecular complexity index is 524. The summed E-state index contributed by atoms with van der Waals surface area (Å²) in [6, 6.07) is 13.3. The molecular weight excluding hydrogens is 230 g/mol. The minimum atomic E-state index is -0.543. The summed E-state index contributed by atoms with van der Waals surface area (Å²) in [6.07, 6.45) is 0.700. The average Bonchev–Trinajstić information content (AvgIpc) is 2.82. The van der Waals surface area contributed by atoms with Crippen LogP contribution in [0.1, 0.15) is 17.4 Å². The van der Waals surface area contributed by atoms with E-state index in [0.717, 1.165) is 5.56 Å². The van der Waals surface area contributed by atoms with E-state index in [2.05, 4.69) is 6.07 Å². The van der Waals surface area contributed by atoms with Crippen LogP contribution in [0.5, 0.6) is 5.75 Å². The van der Waals surface area contributed by atoms with Gasteiger partial charge in [-0.05, 0) is 36.1 Å². The Labute approximate surface area is 105 Å². The third kappa shape index (κ3) is 2.48. The zero-order valence-electron chi connectivity index (χ0n) is 9.55.